The molecule has 0 amide bonds. The second-order valence-electron chi connectivity index (χ2n) is 5.56. The zero-order valence-corrected chi connectivity index (χ0v) is 10.0. The fourth-order valence-corrected chi connectivity index (χ4v) is 3.26. The molecular formula is C13H26N2. The van der Waals surface area contributed by atoms with Crippen molar-refractivity contribution in [2.45, 2.75) is 51.4 Å². The van der Waals surface area contributed by atoms with Crippen LogP contribution in [-0.2, 0) is 0 Å². The van der Waals surface area contributed by atoms with Crippen molar-refractivity contribution in [3.05, 3.63) is 0 Å². The van der Waals surface area contributed by atoms with E-state index in [9.17, 15) is 0 Å². The second kappa shape index (κ2) is 5.31. The van der Waals surface area contributed by atoms with E-state index in [1.807, 2.05) is 0 Å². The SMILES string of the molecule is NCC1(CCN2CCCC2)CCCCC1. The maximum atomic E-state index is 6.00. The molecule has 2 heteroatoms. The first-order chi connectivity index (χ1) is 7.35. The summed E-state index contributed by atoms with van der Waals surface area (Å²) in [6.45, 7) is 4.89. The maximum absolute atomic E-state index is 6.00. The highest BCUT2D eigenvalue weighted by Gasteiger charge is 2.30. The minimum absolute atomic E-state index is 0.515. The first-order valence-corrected chi connectivity index (χ1v) is 6.77. The van der Waals surface area contributed by atoms with Gasteiger partial charge < -0.3 is 10.6 Å². The Kier molecular flexibility index (Phi) is 4.04. The summed E-state index contributed by atoms with van der Waals surface area (Å²) in [5.74, 6) is 0. The topological polar surface area (TPSA) is 29.3 Å². The first-order valence-electron chi connectivity index (χ1n) is 6.77. The lowest BCUT2D eigenvalue weighted by Gasteiger charge is -2.37. The fraction of sp³-hybridized carbons (Fsp3) is 1.00. The highest BCUT2D eigenvalue weighted by molar-refractivity contribution is 4.85. The van der Waals surface area contributed by atoms with Crippen LogP contribution in [0.4, 0.5) is 0 Å². The number of nitrogens with two attached hydrogens (primary N) is 1. The number of rotatable bonds is 4. The summed E-state index contributed by atoms with van der Waals surface area (Å²) in [5.41, 5.74) is 6.52. The summed E-state index contributed by atoms with van der Waals surface area (Å²) in [4.78, 5) is 2.63. The number of likely N-dealkylation sites (tertiary alicyclic amines) is 1. The first kappa shape index (κ1) is 11.4. The Balaban J connectivity index is 1.78. The van der Waals surface area contributed by atoms with Crippen LogP contribution in [0.15, 0.2) is 0 Å². The van der Waals surface area contributed by atoms with Crippen molar-refractivity contribution in [1.29, 1.82) is 0 Å². The molecule has 88 valence electrons. The van der Waals surface area contributed by atoms with Gasteiger partial charge in [0.05, 0.1) is 0 Å². The normalized spacial score (nSPS) is 27.0. The molecule has 0 bridgehead atoms. The van der Waals surface area contributed by atoms with Crippen LogP contribution in [0.1, 0.15) is 51.4 Å². The Labute approximate surface area is 94.2 Å². The van der Waals surface area contributed by atoms with E-state index in [2.05, 4.69) is 4.90 Å². The Hall–Kier alpha value is -0.0800. The number of nitrogens with zero attached hydrogens (tertiary/aromatic N) is 1. The van der Waals surface area contributed by atoms with Gasteiger partial charge in [0.15, 0.2) is 0 Å². The largest absolute Gasteiger partial charge is 0.330 e. The van der Waals surface area contributed by atoms with Crippen molar-refractivity contribution in [3.63, 3.8) is 0 Å². The van der Waals surface area contributed by atoms with Gasteiger partial charge in [-0.1, -0.05) is 19.3 Å². The van der Waals surface area contributed by atoms with E-state index in [1.54, 1.807) is 0 Å². The molecule has 2 nitrogen and oxygen atoms in total. The Bertz CT molecular complexity index is 179. The van der Waals surface area contributed by atoms with Crippen LogP contribution in [0.3, 0.4) is 0 Å². The molecule has 0 radical (unpaired) electrons. The predicted octanol–water partition coefficient (Wildman–Crippen LogP) is 2.38. The van der Waals surface area contributed by atoms with E-state index >= 15 is 0 Å². The zero-order chi connectivity index (χ0) is 10.6. The van der Waals surface area contributed by atoms with Crippen molar-refractivity contribution in [1.82, 2.24) is 4.90 Å². The third-order valence-corrected chi connectivity index (χ3v) is 4.50. The van der Waals surface area contributed by atoms with Crippen LogP contribution in [0, 0.1) is 5.41 Å². The van der Waals surface area contributed by atoms with Gasteiger partial charge in [-0.2, -0.15) is 0 Å². The van der Waals surface area contributed by atoms with E-state index in [0.717, 1.165) is 6.54 Å². The van der Waals surface area contributed by atoms with Gasteiger partial charge in [-0.25, -0.2) is 0 Å². The summed E-state index contributed by atoms with van der Waals surface area (Å²) in [7, 11) is 0. The quantitative estimate of drug-likeness (QED) is 0.772. The molecule has 2 rings (SSSR count). The average molecular weight is 210 g/mol. The Morgan fingerprint density at radius 2 is 1.60 bits per heavy atom. The van der Waals surface area contributed by atoms with Gasteiger partial charge >= 0.3 is 0 Å². The van der Waals surface area contributed by atoms with E-state index in [0.29, 0.717) is 5.41 Å². The maximum Gasteiger partial charge on any atom is -0.00130 e. The summed E-state index contributed by atoms with van der Waals surface area (Å²) < 4.78 is 0. The lowest BCUT2D eigenvalue weighted by molar-refractivity contribution is 0.156. The molecule has 1 saturated carbocycles. The molecule has 1 saturated heterocycles. The molecule has 2 fully saturated rings. The molecule has 2 N–H and O–H groups in total. The van der Waals surface area contributed by atoms with Crippen LogP contribution in [0.25, 0.3) is 0 Å². The zero-order valence-electron chi connectivity index (χ0n) is 10.0. The second-order valence-corrected chi connectivity index (χ2v) is 5.56. The van der Waals surface area contributed by atoms with E-state index in [1.165, 1.54) is 71.0 Å². The van der Waals surface area contributed by atoms with E-state index in [-0.39, 0.29) is 0 Å². The highest BCUT2D eigenvalue weighted by atomic mass is 15.1. The molecule has 1 aliphatic carbocycles. The molecule has 0 aromatic heterocycles. The van der Waals surface area contributed by atoms with E-state index < -0.39 is 0 Å². The smallest absolute Gasteiger partial charge is 0.00130 e. The molecule has 2 aliphatic rings. The third kappa shape index (κ3) is 2.94. The molecule has 0 aromatic carbocycles. The van der Waals surface area contributed by atoms with Crippen molar-refractivity contribution in [3.8, 4) is 0 Å². The molecule has 0 aromatic rings. The summed E-state index contributed by atoms with van der Waals surface area (Å²) >= 11 is 0. The van der Waals surface area contributed by atoms with Crippen molar-refractivity contribution in [2.75, 3.05) is 26.2 Å². The van der Waals surface area contributed by atoms with Gasteiger partial charge in [0.2, 0.25) is 0 Å². The van der Waals surface area contributed by atoms with Crippen LogP contribution in [0.5, 0.6) is 0 Å². The average Bonchev–Trinajstić information content (AvgIpc) is 2.81. The van der Waals surface area contributed by atoms with Crippen molar-refractivity contribution >= 4 is 0 Å². The molecular weight excluding hydrogens is 184 g/mol. The number of hydrogen-bond donors (Lipinski definition) is 1. The Morgan fingerprint density at radius 3 is 2.20 bits per heavy atom. The van der Waals surface area contributed by atoms with Crippen LogP contribution >= 0.6 is 0 Å². The lowest BCUT2D eigenvalue weighted by atomic mass is 9.72. The molecule has 1 aliphatic heterocycles. The summed E-state index contributed by atoms with van der Waals surface area (Å²) in [5, 5.41) is 0. The number of hydrogen-bond acceptors (Lipinski definition) is 2. The van der Waals surface area contributed by atoms with Gasteiger partial charge in [-0.15, -0.1) is 0 Å². The summed E-state index contributed by atoms with van der Waals surface area (Å²) in [6.07, 6.45) is 11.2. The molecule has 0 unspecified atom stereocenters. The van der Waals surface area contributed by atoms with Crippen LogP contribution in [-0.4, -0.2) is 31.1 Å². The van der Waals surface area contributed by atoms with Gasteiger partial charge in [-0.05, 0) is 63.7 Å². The lowest BCUT2D eigenvalue weighted by Crippen LogP contribution is -2.36. The minimum Gasteiger partial charge on any atom is -0.330 e. The monoisotopic (exact) mass is 210 g/mol. The fourth-order valence-electron chi connectivity index (χ4n) is 3.26. The predicted molar refractivity (Wildman–Crippen MR) is 64.9 cm³/mol. The highest BCUT2D eigenvalue weighted by Crippen LogP contribution is 2.38. The third-order valence-electron chi connectivity index (χ3n) is 4.50. The van der Waals surface area contributed by atoms with Crippen LogP contribution < -0.4 is 5.73 Å². The molecule has 0 spiro atoms. The summed E-state index contributed by atoms with van der Waals surface area (Å²) in [6, 6.07) is 0. The molecule has 1 heterocycles. The molecule has 15 heavy (non-hydrogen) atoms. The van der Waals surface area contributed by atoms with Crippen molar-refractivity contribution < 1.29 is 0 Å². The van der Waals surface area contributed by atoms with Gasteiger partial charge in [0.1, 0.15) is 0 Å². The van der Waals surface area contributed by atoms with Gasteiger partial charge in [0, 0.05) is 0 Å². The standard InChI is InChI=1S/C13H26N2/c14-12-13(6-2-1-3-7-13)8-11-15-9-4-5-10-15/h1-12,14H2. The molecule has 0 atom stereocenters. The van der Waals surface area contributed by atoms with Gasteiger partial charge in [0.25, 0.3) is 0 Å². The van der Waals surface area contributed by atoms with Crippen molar-refractivity contribution in [2.24, 2.45) is 11.1 Å². The van der Waals surface area contributed by atoms with E-state index in [4.69, 9.17) is 5.73 Å². The minimum atomic E-state index is 0.515. The van der Waals surface area contributed by atoms with Gasteiger partial charge in [-0.3, -0.25) is 0 Å². The Morgan fingerprint density at radius 1 is 0.933 bits per heavy atom. The van der Waals surface area contributed by atoms with Crippen LogP contribution in [0.2, 0.25) is 0 Å².